The number of hydrogen-bond donors (Lipinski definition) is 1. The maximum absolute atomic E-state index is 6.35. The lowest BCUT2D eigenvalue weighted by atomic mass is 10.0. The van der Waals surface area contributed by atoms with E-state index in [0.29, 0.717) is 5.02 Å². The molecule has 1 aromatic heterocycles. The van der Waals surface area contributed by atoms with Gasteiger partial charge in [0.2, 0.25) is 0 Å². The molecular formula is C16H21Cl2N3. The van der Waals surface area contributed by atoms with E-state index in [1.807, 2.05) is 29.1 Å². The van der Waals surface area contributed by atoms with Gasteiger partial charge in [-0.05, 0) is 55.6 Å². The van der Waals surface area contributed by atoms with Crippen LogP contribution in [0, 0.1) is 0 Å². The van der Waals surface area contributed by atoms with Crippen molar-refractivity contribution < 1.29 is 0 Å². The van der Waals surface area contributed by atoms with Crippen molar-refractivity contribution in [3.63, 3.8) is 0 Å². The highest BCUT2D eigenvalue weighted by Gasteiger charge is 2.16. The first-order valence-corrected chi connectivity index (χ1v) is 8.09. The molecule has 0 aliphatic rings. The molecule has 0 saturated heterocycles. The van der Waals surface area contributed by atoms with Gasteiger partial charge in [0.25, 0.3) is 0 Å². The summed E-state index contributed by atoms with van der Waals surface area (Å²) < 4.78 is 1.94. The molecule has 0 aliphatic carbocycles. The number of hydrogen-bond acceptors (Lipinski definition) is 2. The van der Waals surface area contributed by atoms with E-state index in [1.54, 1.807) is 0 Å². The summed E-state index contributed by atoms with van der Waals surface area (Å²) in [4.78, 5) is 0. The van der Waals surface area contributed by atoms with Crippen LogP contribution in [0.5, 0.6) is 0 Å². The largest absolute Gasteiger partial charge is 0.310 e. The number of nitrogens with zero attached hydrogens (tertiary/aromatic N) is 2. The van der Waals surface area contributed by atoms with Crippen LogP contribution < -0.4 is 5.32 Å². The van der Waals surface area contributed by atoms with Crippen LogP contribution in [0.3, 0.4) is 0 Å². The van der Waals surface area contributed by atoms with Crippen molar-refractivity contribution in [1.29, 1.82) is 0 Å². The topological polar surface area (TPSA) is 29.9 Å². The third-order valence-electron chi connectivity index (χ3n) is 3.42. The summed E-state index contributed by atoms with van der Waals surface area (Å²) >= 11 is 12.5. The van der Waals surface area contributed by atoms with Crippen LogP contribution in [-0.4, -0.2) is 16.3 Å². The minimum atomic E-state index is 0.144. The summed E-state index contributed by atoms with van der Waals surface area (Å²) in [6.45, 7) is 6.05. The summed E-state index contributed by atoms with van der Waals surface area (Å²) in [5.74, 6) is 0. The van der Waals surface area contributed by atoms with Crippen LogP contribution in [0.25, 0.3) is 0 Å². The molecule has 0 fully saturated rings. The molecule has 0 spiro atoms. The van der Waals surface area contributed by atoms with Crippen molar-refractivity contribution in [2.45, 2.75) is 39.3 Å². The number of halogens is 2. The minimum absolute atomic E-state index is 0.144. The van der Waals surface area contributed by atoms with Crippen LogP contribution >= 0.6 is 23.2 Å². The molecule has 1 unspecified atom stereocenters. The lowest BCUT2D eigenvalue weighted by molar-refractivity contribution is 0.529. The third-order valence-corrected chi connectivity index (χ3v) is 4.00. The molecular weight excluding hydrogens is 305 g/mol. The van der Waals surface area contributed by atoms with Gasteiger partial charge in [0, 0.05) is 28.8 Å². The summed E-state index contributed by atoms with van der Waals surface area (Å²) in [5.41, 5.74) is 2.24. The summed E-state index contributed by atoms with van der Waals surface area (Å²) in [6, 6.07) is 5.77. The molecule has 21 heavy (non-hydrogen) atoms. The van der Waals surface area contributed by atoms with Gasteiger partial charge in [-0.15, -0.1) is 0 Å². The number of benzene rings is 1. The Morgan fingerprint density at radius 3 is 2.76 bits per heavy atom. The van der Waals surface area contributed by atoms with E-state index in [4.69, 9.17) is 23.2 Å². The molecule has 0 radical (unpaired) electrons. The van der Waals surface area contributed by atoms with Gasteiger partial charge in [-0.1, -0.05) is 30.1 Å². The van der Waals surface area contributed by atoms with Crippen LogP contribution in [0.1, 0.15) is 37.4 Å². The molecule has 1 N–H and O–H groups in total. The number of aryl methyl sites for hydroxylation is 1. The Labute approximate surface area is 136 Å². The monoisotopic (exact) mass is 325 g/mol. The van der Waals surface area contributed by atoms with Crippen molar-refractivity contribution in [1.82, 2.24) is 15.1 Å². The van der Waals surface area contributed by atoms with E-state index >= 15 is 0 Å². The van der Waals surface area contributed by atoms with Gasteiger partial charge >= 0.3 is 0 Å². The van der Waals surface area contributed by atoms with E-state index in [9.17, 15) is 0 Å². The molecule has 1 aromatic carbocycles. The van der Waals surface area contributed by atoms with Crippen molar-refractivity contribution in [3.05, 3.63) is 51.8 Å². The second-order valence-corrected chi connectivity index (χ2v) is 5.92. The molecule has 0 saturated carbocycles. The highest BCUT2D eigenvalue weighted by atomic mass is 35.5. The lowest BCUT2D eigenvalue weighted by Crippen LogP contribution is -2.24. The van der Waals surface area contributed by atoms with Crippen molar-refractivity contribution >= 4 is 23.2 Å². The number of nitrogens with one attached hydrogen (secondary N) is 1. The van der Waals surface area contributed by atoms with Gasteiger partial charge < -0.3 is 5.32 Å². The fraction of sp³-hybridized carbons (Fsp3) is 0.438. The smallest absolute Gasteiger partial charge is 0.0522 e. The highest BCUT2D eigenvalue weighted by Crippen LogP contribution is 2.28. The zero-order chi connectivity index (χ0) is 15.2. The maximum Gasteiger partial charge on any atom is 0.0522 e. The van der Waals surface area contributed by atoms with E-state index in [0.717, 1.165) is 36.5 Å². The second kappa shape index (κ2) is 7.83. The standard InChI is InChI=1S/C16H21Cl2N3/c1-3-7-19-16(8-12-10-20-21(4-2)11-12)14-9-13(17)5-6-15(14)18/h5-6,9-11,16,19H,3-4,7-8H2,1-2H3. The predicted octanol–water partition coefficient (Wildman–Crippen LogP) is 4.49. The third kappa shape index (κ3) is 4.47. The summed E-state index contributed by atoms with van der Waals surface area (Å²) in [6.07, 6.45) is 5.92. The van der Waals surface area contributed by atoms with E-state index in [2.05, 4.69) is 30.5 Å². The Bertz CT molecular complexity index is 581. The number of rotatable bonds is 7. The zero-order valence-corrected chi connectivity index (χ0v) is 14.0. The van der Waals surface area contributed by atoms with E-state index in [-0.39, 0.29) is 6.04 Å². The van der Waals surface area contributed by atoms with Crippen LogP contribution in [-0.2, 0) is 13.0 Å². The van der Waals surface area contributed by atoms with Gasteiger partial charge in [-0.3, -0.25) is 4.68 Å². The fourth-order valence-corrected chi connectivity index (χ4v) is 2.74. The van der Waals surface area contributed by atoms with E-state index < -0.39 is 0 Å². The first-order valence-electron chi connectivity index (χ1n) is 7.33. The fourth-order valence-electron chi connectivity index (χ4n) is 2.31. The minimum Gasteiger partial charge on any atom is -0.310 e. The Balaban J connectivity index is 2.22. The molecule has 3 nitrogen and oxygen atoms in total. The Kier molecular flexibility index (Phi) is 6.09. The molecule has 2 rings (SSSR count). The predicted molar refractivity (Wildman–Crippen MR) is 89.1 cm³/mol. The Morgan fingerprint density at radius 1 is 1.29 bits per heavy atom. The quantitative estimate of drug-likeness (QED) is 0.812. The first-order chi connectivity index (χ1) is 10.1. The molecule has 0 bridgehead atoms. The average Bonchev–Trinajstić information content (AvgIpc) is 2.94. The molecule has 2 aromatic rings. The van der Waals surface area contributed by atoms with Gasteiger partial charge in [0.1, 0.15) is 0 Å². The Hall–Kier alpha value is -1.03. The van der Waals surface area contributed by atoms with Gasteiger partial charge in [0.15, 0.2) is 0 Å². The van der Waals surface area contributed by atoms with Gasteiger partial charge in [0.05, 0.1) is 6.20 Å². The van der Waals surface area contributed by atoms with Crippen molar-refractivity contribution in [2.75, 3.05) is 6.54 Å². The molecule has 1 atom stereocenters. The molecule has 114 valence electrons. The molecule has 0 aliphatic heterocycles. The normalized spacial score (nSPS) is 12.6. The molecule has 0 amide bonds. The van der Waals surface area contributed by atoms with Gasteiger partial charge in [-0.2, -0.15) is 5.10 Å². The maximum atomic E-state index is 6.35. The summed E-state index contributed by atoms with van der Waals surface area (Å²) in [5, 5.41) is 9.34. The van der Waals surface area contributed by atoms with Crippen LogP contribution in [0.4, 0.5) is 0 Å². The van der Waals surface area contributed by atoms with Crippen molar-refractivity contribution in [3.8, 4) is 0 Å². The van der Waals surface area contributed by atoms with E-state index in [1.165, 1.54) is 5.56 Å². The first kappa shape index (κ1) is 16.3. The van der Waals surface area contributed by atoms with Crippen molar-refractivity contribution in [2.24, 2.45) is 0 Å². The Morgan fingerprint density at radius 2 is 2.10 bits per heavy atom. The SMILES string of the molecule is CCCNC(Cc1cnn(CC)c1)c1cc(Cl)ccc1Cl. The van der Waals surface area contributed by atoms with Crippen LogP contribution in [0.2, 0.25) is 10.0 Å². The highest BCUT2D eigenvalue weighted by molar-refractivity contribution is 6.33. The molecule has 1 heterocycles. The van der Waals surface area contributed by atoms with Gasteiger partial charge in [-0.25, -0.2) is 0 Å². The summed E-state index contributed by atoms with van der Waals surface area (Å²) in [7, 11) is 0. The zero-order valence-electron chi connectivity index (χ0n) is 12.4. The lowest BCUT2D eigenvalue weighted by Gasteiger charge is -2.20. The second-order valence-electron chi connectivity index (χ2n) is 5.08. The number of aromatic nitrogens is 2. The molecule has 5 heteroatoms. The average molecular weight is 326 g/mol. The van der Waals surface area contributed by atoms with Crippen LogP contribution in [0.15, 0.2) is 30.6 Å².